The third-order valence-corrected chi connectivity index (χ3v) is 2.91. The lowest BCUT2D eigenvalue weighted by Crippen LogP contribution is -2.35. The first-order valence-electron chi connectivity index (χ1n) is 5.80. The van der Waals surface area contributed by atoms with Gasteiger partial charge in [0.25, 0.3) is 11.6 Å². The van der Waals surface area contributed by atoms with Gasteiger partial charge in [-0.1, -0.05) is 0 Å². The number of non-ortho nitro benzene ring substituents is 1. The molecule has 0 atom stereocenters. The number of nitrogens with zero attached hydrogens (tertiary/aromatic N) is 2. The molecule has 96 valence electrons. The third-order valence-electron chi connectivity index (χ3n) is 2.91. The Hall–Kier alpha value is -1.95. The molecule has 0 heterocycles. The third kappa shape index (κ3) is 2.65. The Morgan fingerprint density at radius 2 is 2.00 bits per heavy atom. The number of amides is 1. The zero-order chi connectivity index (χ0) is 13.1. The lowest BCUT2D eigenvalue weighted by atomic mass is 10.2. The number of aliphatic hydroxyl groups excluding tert-OH is 1. The minimum atomic E-state index is -0.499. The van der Waals surface area contributed by atoms with Crippen LogP contribution in [0.15, 0.2) is 24.3 Å². The maximum absolute atomic E-state index is 12.1. The number of carbonyl (C=O) groups excluding carboxylic acids is 1. The van der Waals surface area contributed by atoms with Crippen molar-refractivity contribution in [2.45, 2.75) is 18.9 Å². The number of hydrogen-bond acceptors (Lipinski definition) is 4. The van der Waals surface area contributed by atoms with Crippen LogP contribution in [0, 0.1) is 10.1 Å². The number of aliphatic hydroxyl groups is 1. The van der Waals surface area contributed by atoms with Crippen molar-refractivity contribution in [2.24, 2.45) is 0 Å². The van der Waals surface area contributed by atoms with E-state index in [9.17, 15) is 14.9 Å². The van der Waals surface area contributed by atoms with Crippen LogP contribution in [0.4, 0.5) is 5.69 Å². The van der Waals surface area contributed by atoms with Crippen LogP contribution in [0.25, 0.3) is 0 Å². The lowest BCUT2D eigenvalue weighted by Gasteiger charge is -2.21. The Kier molecular flexibility index (Phi) is 3.57. The SMILES string of the molecule is O=C(c1ccc([N+](=O)[O-])cc1)N(CCO)C1CC1. The lowest BCUT2D eigenvalue weighted by molar-refractivity contribution is -0.384. The van der Waals surface area contributed by atoms with Crippen molar-refractivity contribution >= 4 is 11.6 Å². The van der Waals surface area contributed by atoms with Gasteiger partial charge in [-0.15, -0.1) is 0 Å². The van der Waals surface area contributed by atoms with E-state index in [2.05, 4.69) is 0 Å². The van der Waals surface area contributed by atoms with Crippen LogP contribution in [0.1, 0.15) is 23.2 Å². The molecule has 0 saturated heterocycles. The molecule has 1 aliphatic rings. The van der Waals surface area contributed by atoms with Crippen LogP contribution in [0.3, 0.4) is 0 Å². The molecule has 0 radical (unpaired) electrons. The predicted octanol–water partition coefficient (Wildman–Crippen LogP) is 1.19. The molecule has 1 saturated carbocycles. The summed E-state index contributed by atoms with van der Waals surface area (Å²) < 4.78 is 0. The summed E-state index contributed by atoms with van der Waals surface area (Å²) >= 11 is 0. The first-order chi connectivity index (χ1) is 8.63. The van der Waals surface area contributed by atoms with Crippen LogP contribution in [0.2, 0.25) is 0 Å². The molecule has 1 fully saturated rings. The quantitative estimate of drug-likeness (QED) is 0.628. The minimum Gasteiger partial charge on any atom is -0.395 e. The van der Waals surface area contributed by atoms with Gasteiger partial charge in [-0.05, 0) is 25.0 Å². The molecule has 0 aromatic heterocycles. The van der Waals surface area contributed by atoms with Crippen molar-refractivity contribution in [3.63, 3.8) is 0 Å². The van der Waals surface area contributed by atoms with Gasteiger partial charge in [0.15, 0.2) is 0 Å². The van der Waals surface area contributed by atoms with E-state index in [1.807, 2.05) is 0 Å². The highest BCUT2D eigenvalue weighted by atomic mass is 16.6. The van der Waals surface area contributed by atoms with E-state index in [-0.39, 0.29) is 24.2 Å². The summed E-state index contributed by atoms with van der Waals surface area (Å²) in [5.74, 6) is -0.179. The van der Waals surface area contributed by atoms with E-state index in [4.69, 9.17) is 5.11 Å². The van der Waals surface area contributed by atoms with Crippen LogP contribution in [-0.4, -0.2) is 40.0 Å². The zero-order valence-corrected chi connectivity index (χ0v) is 9.78. The summed E-state index contributed by atoms with van der Waals surface area (Å²) in [5.41, 5.74) is 0.382. The Morgan fingerprint density at radius 1 is 1.39 bits per heavy atom. The summed E-state index contributed by atoms with van der Waals surface area (Å²) in [6, 6.07) is 5.74. The van der Waals surface area contributed by atoms with Crippen molar-refractivity contribution in [3.05, 3.63) is 39.9 Å². The van der Waals surface area contributed by atoms with Gasteiger partial charge >= 0.3 is 0 Å². The van der Waals surface area contributed by atoms with Gasteiger partial charge in [0, 0.05) is 30.3 Å². The summed E-state index contributed by atoms with van der Waals surface area (Å²) in [6.45, 7) is 0.232. The van der Waals surface area contributed by atoms with Gasteiger partial charge in [-0.3, -0.25) is 14.9 Å². The fourth-order valence-corrected chi connectivity index (χ4v) is 1.84. The highest BCUT2D eigenvalue weighted by Crippen LogP contribution is 2.28. The van der Waals surface area contributed by atoms with E-state index < -0.39 is 4.92 Å². The largest absolute Gasteiger partial charge is 0.395 e. The normalized spacial score (nSPS) is 14.3. The number of carbonyl (C=O) groups is 1. The molecule has 0 aliphatic heterocycles. The highest BCUT2D eigenvalue weighted by molar-refractivity contribution is 5.94. The van der Waals surface area contributed by atoms with E-state index >= 15 is 0 Å². The maximum atomic E-state index is 12.1. The predicted molar refractivity (Wildman–Crippen MR) is 64.2 cm³/mol. The first kappa shape index (κ1) is 12.5. The number of nitro benzene ring substituents is 1. The molecule has 0 spiro atoms. The molecule has 1 aliphatic carbocycles. The Balaban J connectivity index is 2.13. The number of rotatable bonds is 5. The number of benzene rings is 1. The topological polar surface area (TPSA) is 83.7 Å². The number of nitro groups is 1. The molecule has 6 nitrogen and oxygen atoms in total. The number of hydrogen-bond donors (Lipinski definition) is 1. The Bertz CT molecular complexity index is 454. The van der Waals surface area contributed by atoms with E-state index in [1.165, 1.54) is 24.3 Å². The molecule has 6 heteroatoms. The van der Waals surface area contributed by atoms with Crippen molar-refractivity contribution < 1.29 is 14.8 Å². The molecule has 2 rings (SSSR count). The van der Waals surface area contributed by atoms with Crippen molar-refractivity contribution in [2.75, 3.05) is 13.2 Å². The van der Waals surface area contributed by atoms with Crippen molar-refractivity contribution in [1.29, 1.82) is 0 Å². The van der Waals surface area contributed by atoms with Crippen molar-refractivity contribution in [1.82, 2.24) is 4.90 Å². The Morgan fingerprint density at radius 3 is 2.44 bits per heavy atom. The van der Waals surface area contributed by atoms with Gasteiger partial charge in [0.1, 0.15) is 0 Å². The van der Waals surface area contributed by atoms with Gasteiger partial charge in [-0.25, -0.2) is 0 Å². The van der Waals surface area contributed by atoms with E-state index in [0.29, 0.717) is 12.1 Å². The highest BCUT2D eigenvalue weighted by Gasteiger charge is 2.32. The summed E-state index contributed by atoms with van der Waals surface area (Å²) in [6.07, 6.45) is 1.91. The smallest absolute Gasteiger partial charge is 0.269 e. The second kappa shape index (κ2) is 5.14. The minimum absolute atomic E-state index is 0.0355. The van der Waals surface area contributed by atoms with Gasteiger partial charge < -0.3 is 10.0 Å². The second-order valence-electron chi connectivity index (χ2n) is 4.26. The molecule has 0 unspecified atom stereocenters. The molecule has 1 aromatic carbocycles. The van der Waals surface area contributed by atoms with Gasteiger partial charge in [0.2, 0.25) is 0 Å². The summed E-state index contributed by atoms with van der Waals surface area (Å²) in [7, 11) is 0. The molecule has 0 bridgehead atoms. The van der Waals surface area contributed by atoms with Crippen LogP contribution in [-0.2, 0) is 0 Å². The average molecular weight is 250 g/mol. The standard InChI is InChI=1S/C12H14N2O4/c15-8-7-13(10-5-6-10)12(16)9-1-3-11(4-2-9)14(17)18/h1-4,10,15H,5-8H2. The van der Waals surface area contributed by atoms with E-state index in [0.717, 1.165) is 12.8 Å². The molecule has 1 N–H and O–H groups in total. The molecule has 1 amide bonds. The van der Waals surface area contributed by atoms with Crippen LogP contribution < -0.4 is 0 Å². The van der Waals surface area contributed by atoms with Gasteiger partial charge in [0.05, 0.1) is 11.5 Å². The average Bonchev–Trinajstić information content (AvgIpc) is 3.19. The summed E-state index contributed by atoms with van der Waals surface area (Å²) in [4.78, 5) is 23.8. The molecular weight excluding hydrogens is 236 g/mol. The fourth-order valence-electron chi connectivity index (χ4n) is 1.84. The Labute approximate surface area is 104 Å². The molecule has 1 aromatic rings. The molecule has 18 heavy (non-hydrogen) atoms. The first-order valence-corrected chi connectivity index (χ1v) is 5.80. The van der Waals surface area contributed by atoms with Crippen molar-refractivity contribution in [3.8, 4) is 0 Å². The monoisotopic (exact) mass is 250 g/mol. The summed E-state index contributed by atoms with van der Waals surface area (Å²) in [5, 5.41) is 19.5. The van der Waals surface area contributed by atoms with Gasteiger partial charge in [-0.2, -0.15) is 0 Å². The molecular formula is C12H14N2O4. The fraction of sp³-hybridized carbons (Fsp3) is 0.417. The zero-order valence-electron chi connectivity index (χ0n) is 9.78. The van der Waals surface area contributed by atoms with E-state index in [1.54, 1.807) is 4.90 Å². The second-order valence-corrected chi connectivity index (χ2v) is 4.26. The van der Waals surface area contributed by atoms with Crippen LogP contribution >= 0.6 is 0 Å². The van der Waals surface area contributed by atoms with Crippen LogP contribution in [0.5, 0.6) is 0 Å². The maximum Gasteiger partial charge on any atom is 0.269 e.